The lowest BCUT2D eigenvalue weighted by molar-refractivity contribution is -0.119. The Morgan fingerprint density at radius 3 is 2.73 bits per heavy atom. The molecular formula is C8H12O2S. The molecule has 2 aliphatic rings. The second-order valence-electron chi connectivity index (χ2n) is 3.43. The second kappa shape index (κ2) is 2.70. The molecule has 0 saturated carbocycles. The summed E-state index contributed by atoms with van der Waals surface area (Å²) in [6.07, 6.45) is 4.24. The van der Waals surface area contributed by atoms with Crippen LogP contribution in [0.5, 0.6) is 0 Å². The maximum absolute atomic E-state index is 11.5. The molecule has 0 N–H and O–H groups in total. The van der Waals surface area contributed by atoms with Gasteiger partial charge in [0.05, 0.1) is 0 Å². The normalized spacial score (nSPS) is 44.0. The zero-order valence-corrected chi connectivity index (χ0v) is 7.23. The molecule has 0 amide bonds. The highest BCUT2D eigenvalue weighted by Crippen LogP contribution is 2.32. The molecule has 0 radical (unpaired) electrons. The lowest BCUT2D eigenvalue weighted by Crippen LogP contribution is -2.13. The van der Waals surface area contributed by atoms with E-state index in [0.29, 0.717) is 23.9 Å². The highest BCUT2D eigenvalue weighted by Gasteiger charge is 2.36. The van der Waals surface area contributed by atoms with E-state index in [2.05, 4.69) is 0 Å². The van der Waals surface area contributed by atoms with Gasteiger partial charge in [0.2, 0.25) is 0 Å². The van der Waals surface area contributed by atoms with Crippen molar-refractivity contribution in [2.75, 3.05) is 0 Å². The fourth-order valence-corrected chi connectivity index (χ4v) is 3.98. The largest absolute Gasteiger partial charge is 0.300 e. The lowest BCUT2D eigenvalue weighted by Gasteiger charge is -2.02. The Bertz CT molecular complexity index is 212. The molecule has 0 aromatic heterocycles. The zero-order valence-electron chi connectivity index (χ0n) is 6.41. The van der Waals surface area contributed by atoms with Crippen LogP contribution in [0.4, 0.5) is 0 Å². The van der Waals surface area contributed by atoms with Crippen molar-refractivity contribution in [1.29, 1.82) is 0 Å². The lowest BCUT2D eigenvalue weighted by atomic mass is 10.0. The van der Waals surface area contributed by atoms with Gasteiger partial charge in [0.15, 0.2) is 0 Å². The van der Waals surface area contributed by atoms with Crippen LogP contribution in [-0.4, -0.2) is 20.5 Å². The topological polar surface area (TPSA) is 34.1 Å². The van der Waals surface area contributed by atoms with Crippen molar-refractivity contribution in [2.24, 2.45) is 0 Å². The van der Waals surface area contributed by atoms with Gasteiger partial charge in [-0.2, -0.15) is 0 Å². The highest BCUT2D eigenvalue weighted by atomic mass is 32.2. The Balaban J connectivity index is 2.19. The second-order valence-corrected chi connectivity index (χ2v) is 5.42. The van der Waals surface area contributed by atoms with Crippen LogP contribution in [0.3, 0.4) is 0 Å². The molecule has 2 nitrogen and oxygen atoms in total. The van der Waals surface area contributed by atoms with Crippen molar-refractivity contribution in [3.63, 3.8) is 0 Å². The van der Waals surface area contributed by atoms with Crippen molar-refractivity contribution in [3.8, 4) is 0 Å². The van der Waals surface area contributed by atoms with Crippen molar-refractivity contribution < 1.29 is 9.00 Å². The van der Waals surface area contributed by atoms with Gasteiger partial charge in [-0.15, -0.1) is 0 Å². The number of carbonyl (C=O) groups excluding carboxylic acids is 1. The van der Waals surface area contributed by atoms with Crippen molar-refractivity contribution >= 4 is 16.6 Å². The third-order valence-corrected chi connectivity index (χ3v) is 4.86. The average molecular weight is 172 g/mol. The first-order chi connectivity index (χ1) is 5.27. The van der Waals surface area contributed by atoms with Crippen molar-refractivity contribution in [1.82, 2.24) is 0 Å². The predicted molar refractivity (Wildman–Crippen MR) is 43.8 cm³/mol. The van der Waals surface area contributed by atoms with E-state index in [0.717, 1.165) is 19.3 Å². The number of Topliss-reactive ketones (excluding diaryl/α,β-unsaturated/α-hetero) is 1. The summed E-state index contributed by atoms with van der Waals surface area (Å²) in [4.78, 5) is 11.1. The fourth-order valence-electron chi connectivity index (χ4n) is 2.00. The number of carbonyl (C=O) groups is 1. The van der Waals surface area contributed by atoms with E-state index in [4.69, 9.17) is 0 Å². The quantitative estimate of drug-likeness (QED) is 0.546. The van der Waals surface area contributed by atoms with E-state index in [1.54, 1.807) is 0 Å². The Kier molecular flexibility index (Phi) is 1.83. The van der Waals surface area contributed by atoms with E-state index in [-0.39, 0.29) is 5.25 Å². The molecule has 3 unspecified atom stereocenters. The number of hydrogen-bond donors (Lipinski definition) is 0. The van der Waals surface area contributed by atoms with Crippen LogP contribution in [0.15, 0.2) is 0 Å². The van der Waals surface area contributed by atoms with Crippen LogP contribution in [0.25, 0.3) is 0 Å². The summed E-state index contributed by atoms with van der Waals surface area (Å²) in [5, 5.41) is 0.571. The van der Waals surface area contributed by atoms with Crippen LogP contribution in [0.2, 0.25) is 0 Å². The maximum Gasteiger partial charge on any atom is 0.134 e. The van der Waals surface area contributed by atoms with Crippen LogP contribution in [0, 0.1) is 0 Å². The van der Waals surface area contributed by atoms with Crippen LogP contribution >= 0.6 is 0 Å². The Morgan fingerprint density at radius 1 is 1.18 bits per heavy atom. The molecule has 3 atom stereocenters. The third kappa shape index (κ3) is 1.26. The molecule has 3 heteroatoms. The van der Waals surface area contributed by atoms with Gasteiger partial charge >= 0.3 is 0 Å². The standard InChI is InChI=1S/C8H12O2S/c9-6-1-2-7-3-4-8(5-6)11(7)10/h7-8H,1-5H2. The molecule has 0 aliphatic carbocycles. The Morgan fingerprint density at radius 2 is 1.91 bits per heavy atom. The monoisotopic (exact) mass is 172 g/mol. The van der Waals surface area contributed by atoms with Gasteiger partial charge in [-0.1, -0.05) is 0 Å². The Labute approximate surface area is 68.8 Å². The number of rotatable bonds is 0. The number of hydrogen-bond acceptors (Lipinski definition) is 2. The summed E-state index contributed by atoms with van der Waals surface area (Å²) in [5.41, 5.74) is 0. The molecule has 0 spiro atoms. The van der Waals surface area contributed by atoms with Crippen molar-refractivity contribution in [2.45, 2.75) is 42.6 Å². The molecule has 2 aliphatic heterocycles. The SMILES string of the molecule is O=C1CCC2CCC(C1)S2=O. The van der Waals surface area contributed by atoms with Gasteiger partial charge in [-0.3, -0.25) is 9.00 Å². The molecule has 2 heterocycles. The molecule has 62 valence electrons. The summed E-state index contributed by atoms with van der Waals surface area (Å²) in [6.45, 7) is 0. The van der Waals surface area contributed by atoms with Gasteiger partial charge in [-0.25, -0.2) is 0 Å². The molecule has 2 bridgehead atoms. The maximum atomic E-state index is 11.5. The minimum atomic E-state index is -0.677. The molecule has 0 aromatic carbocycles. The molecule has 2 fully saturated rings. The fraction of sp³-hybridized carbons (Fsp3) is 0.875. The smallest absolute Gasteiger partial charge is 0.134 e. The molecular weight excluding hydrogens is 160 g/mol. The van der Waals surface area contributed by atoms with E-state index < -0.39 is 10.8 Å². The average Bonchev–Trinajstić information content (AvgIpc) is 2.20. The van der Waals surface area contributed by atoms with E-state index in [9.17, 15) is 9.00 Å². The van der Waals surface area contributed by atoms with Gasteiger partial charge in [-0.05, 0) is 19.3 Å². The minimum Gasteiger partial charge on any atom is -0.300 e. The number of ketones is 1. The summed E-state index contributed by atoms with van der Waals surface area (Å²) >= 11 is 0. The summed E-state index contributed by atoms with van der Waals surface area (Å²) in [6, 6.07) is 0. The van der Waals surface area contributed by atoms with Gasteiger partial charge in [0.25, 0.3) is 0 Å². The van der Waals surface area contributed by atoms with Crippen LogP contribution < -0.4 is 0 Å². The van der Waals surface area contributed by atoms with Gasteiger partial charge < -0.3 is 0 Å². The molecule has 11 heavy (non-hydrogen) atoms. The minimum absolute atomic E-state index is 0.218. The van der Waals surface area contributed by atoms with E-state index in [1.165, 1.54) is 0 Å². The first-order valence-electron chi connectivity index (χ1n) is 4.18. The van der Waals surface area contributed by atoms with Crippen LogP contribution in [-0.2, 0) is 15.6 Å². The summed E-state index contributed by atoms with van der Waals surface area (Å²) in [7, 11) is -0.677. The summed E-state index contributed by atoms with van der Waals surface area (Å²) < 4.78 is 11.5. The zero-order chi connectivity index (χ0) is 7.84. The van der Waals surface area contributed by atoms with E-state index >= 15 is 0 Å². The Hall–Kier alpha value is -0.180. The van der Waals surface area contributed by atoms with Crippen molar-refractivity contribution in [3.05, 3.63) is 0 Å². The number of fused-ring (bicyclic) bond motifs is 2. The molecule has 2 rings (SSSR count). The third-order valence-electron chi connectivity index (χ3n) is 2.67. The summed E-state index contributed by atoms with van der Waals surface area (Å²) in [5.74, 6) is 0.325. The molecule has 0 aromatic rings. The predicted octanol–water partition coefficient (Wildman–Crippen LogP) is 1.02. The first-order valence-corrected chi connectivity index (χ1v) is 5.46. The van der Waals surface area contributed by atoms with Crippen LogP contribution in [0.1, 0.15) is 32.1 Å². The first kappa shape index (κ1) is 7.47. The van der Waals surface area contributed by atoms with E-state index in [1.807, 2.05) is 0 Å². The van der Waals surface area contributed by atoms with Gasteiger partial charge in [0.1, 0.15) is 5.78 Å². The molecule has 2 saturated heterocycles. The highest BCUT2D eigenvalue weighted by molar-refractivity contribution is 7.86. The van der Waals surface area contributed by atoms with Gasteiger partial charge in [0, 0.05) is 34.1 Å².